The Labute approximate surface area is 136 Å². The van der Waals surface area contributed by atoms with E-state index >= 15 is 0 Å². The van der Waals surface area contributed by atoms with E-state index in [1.54, 1.807) is 19.1 Å². The zero-order valence-electron chi connectivity index (χ0n) is 14.0. The third-order valence-corrected chi connectivity index (χ3v) is 4.58. The topological polar surface area (TPSA) is 57.5 Å². The molecule has 2 N–H and O–H groups in total. The third-order valence-electron chi connectivity index (χ3n) is 4.58. The summed E-state index contributed by atoms with van der Waals surface area (Å²) in [5, 5.41) is 19.3. The van der Waals surface area contributed by atoms with Gasteiger partial charge in [-0.25, -0.2) is 4.79 Å². The molecule has 0 saturated carbocycles. The number of carbonyl (C=O) groups is 1. The summed E-state index contributed by atoms with van der Waals surface area (Å²) in [7, 11) is 0. The highest BCUT2D eigenvalue weighted by Gasteiger charge is 2.30. The zero-order valence-corrected chi connectivity index (χ0v) is 14.0. The van der Waals surface area contributed by atoms with Crippen LogP contribution in [0.1, 0.15) is 63.6 Å². The summed E-state index contributed by atoms with van der Waals surface area (Å²) < 4.78 is 14.0. The summed E-state index contributed by atoms with van der Waals surface area (Å²) in [5.41, 5.74) is 3.31. The van der Waals surface area contributed by atoms with Gasteiger partial charge in [0, 0.05) is 11.1 Å². The fourth-order valence-corrected chi connectivity index (χ4v) is 3.18. The minimum Gasteiger partial charge on any atom is -0.507 e. The van der Waals surface area contributed by atoms with Crippen molar-refractivity contribution in [2.75, 3.05) is 0 Å². The Balaban J connectivity index is 2.74. The molecule has 0 saturated heterocycles. The Kier molecular flexibility index (Phi) is 4.64. The average Bonchev–Trinajstić information content (AvgIpc) is 2.49. The van der Waals surface area contributed by atoms with Gasteiger partial charge in [-0.1, -0.05) is 33.8 Å². The van der Waals surface area contributed by atoms with Crippen LogP contribution in [0.2, 0.25) is 0 Å². The molecule has 1 aromatic carbocycles. The van der Waals surface area contributed by atoms with E-state index in [1.165, 1.54) is 0 Å². The van der Waals surface area contributed by atoms with E-state index in [9.17, 15) is 14.3 Å². The normalized spacial score (nSPS) is 17.2. The van der Waals surface area contributed by atoms with Crippen LogP contribution >= 0.6 is 0 Å². The smallest absolute Gasteiger partial charge is 0.365 e. The van der Waals surface area contributed by atoms with Gasteiger partial charge >= 0.3 is 5.97 Å². The van der Waals surface area contributed by atoms with Crippen molar-refractivity contribution in [3.05, 3.63) is 40.7 Å². The van der Waals surface area contributed by atoms with Gasteiger partial charge in [0.25, 0.3) is 0 Å². The van der Waals surface area contributed by atoms with Gasteiger partial charge in [-0.2, -0.15) is 4.39 Å². The van der Waals surface area contributed by atoms with E-state index in [0.717, 1.165) is 29.5 Å². The summed E-state index contributed by atoms with van der Waals surface area (Å²) >= 11 is 0. The quantitative estimate of drug-likeness (QED) is 0.764. The Morgan fingerprint density at radius 2 is 1.96 bits per heavy atom. The molecule has 3 nitrogen and oxygen atoms in total. The second-order valence-corrected chi connectivity index (χ2v) is 6.54. The SMILES string of the molecule is CCC1=CCC(C)(C)c2cc(O)c(/C(CC)=C(/F)C(=O)O)cc21. The first kappa shape index (κ1) is 17.3. The molecular formula is C19H23FO3. The van der Waals surface area contributed by atoms with Crippen LogP contribution in [-0.4, -0.2) is 16.2 Å². The first-order valence-electron chi connectivity index (χ1n) is 7.92. The van der Waals surface area contributed by atoms with E-state index in [1.807, 2.05) is 0 Å². The molecule has 1 aliphatic carbocycles. The molecule has 0 spiro atoms. The summed E-state index contributed by atoms with van der Waals surface area (Å²) in [5.74, 6) is -2.88. The molecule has 1 aromatic rings. The lowest BCUT2D eigenvalue weighted by Crippen LogP contribution is -2.21. The minimum atomic E-state index is -1.61. The van der Waals surface area contributed by atoms with E-state index in [2.05, 4.69) is 26.8 Å². The highest BCUT2D eigenvalue weighted by atomic mass is 19.1. The number of carboxylic acids is 1. The maximum atomic E-state index is 14.0. The van der Waals surface area contributed by atoms with Crippen LogP contribution in [0.5, 0.6) is 5.75 Å². The lowest BCUT2D eigenvalue weighted by molar-refractivity contribution is -0.134. The van der Waals surface area contributed by atoms with Crippen LogP contribution in [0.15, 0.2) is 24.0 Å². The van der Waals surface area contributed by atoms with Gasteiger partial charge < -0.3 is 10.2 Å². The summed E-state index contributed by atoms with van der Waals surface area (Å²) in [6.45, 7) is 7.93. The van der Waals surface area contributed by atoms with E-state index in [-0.39, 0.29) is 28.7 Å². The summed E-state index contributed by atoms with van der Waals surface area (Å²) in [6.07, 6.45) is 4.08. The van der Waals surface area contributed by atoms with Crippen molar-refractivity contribution in [1.82, 2.24) is 0 Å². The molecule has 0 amide bonds. The van der Waals surface area contributed by atoms with Crippen LogP contribution in [0.4, 0.5) is 4.39 Å². The molecule has 124 valence electrons. The number of aromatic hydroxyl groups is 1. The Bertz CT molecular complexity index is 712. The lowest BCUT2D eigenvalue weighted by atomic mass is 9.72. The maximum Gasteiger partial charge on any atom is 0.365 e. The van der Waals surface area contributed by atoms with Gasteiger partial charge in [0.1, 0.15) is 5.75 Å². The average molecular weight is 318 g/mol. The number of aliphatic carboxylic acids is 1. The van der Waals surface area contributed by atoms with E-state index < -0.39 is 11.8 Å². The number of benzene rings is 1. The molecule has 2 rings (SSSR count). The second-order valence-electron chi connectivity index (χ2n) is 6.54. The standard InChI is InChI=1S/C19H23FO3/c1-5-11-7-8-19(3,4)15-10-16(21)14(9-13(11)15)12(6-2)17(20)18(22)23/h7,9-10,21H,5-6,8H2,1-4H3,(H,22,23)/b17-12+. The number of hydrogen-bond acceptors (Lipinski definition) is 2. The van der Waals surface area contributed by atoms with Crippen molar-refractivity contribution in [2.45, 2.75) is 52.4 Å². The second kappa shape index (κ2) is 6.19. The maximum absolute atomic E-state index is 14.0. The van der Waals surface area contributed by atoms with Gasteiger partial charge in [0.05, 0.1) is 0 Å². The number of rotatable bonds is 4. The number of allylic oxidation sites excluding steroid dienone is 3. The minimum absolute atomic E-state index is 0.0247. The molecule has 23 heavy (non-hydrogen) atoms. The highest BCUT2D eigenvalue weighted by Crippen LogP contribution is 2.44. The predicted molar refractivity (Wildman–Crippen MR) is 90.0 cm³/mol. The molecular weight excluding hydrogens is 295 g/mol. The fourth-order valence-electron chi connectivity index (χ4n) is 3.18. The molecule has 0 unspecified atom stereocenters. The number of fused-ring (bicyclic) bond motifs is 1. The predicted octanol–water partition coefficient (Wildman–Crippen LogP) is 5.04. The van der Waals surface area contributed by atoms with Crippen molar-refractivity contribution >= 4 is 17.1 Å². The number of phenolic OH excluding ortho intramolecular Hbond substituents is 1. The molecule has 0 heterocycles. The van der Waals surface area contributed by atoms with Crippen molar-refractivity contribution in [2.24, 2.45) is 0 Å². The van der Waals surface area contributed by atoms with Crippen LogP contribution in [-0.2, 0) is 10.2 Å². The van der Waals surface area contributed by atoms with Crippen molar-refractivity contribution in [3.63, 3.8) is 0 Å². The highest BCUT2D eigenvalue weighted by molar-refractivity contribution is 5.95. The molecule has 0 radical (unpaired) electrons. The Morgan fingerprint density at radius 3 is 2.48 bits per heavy atom. The number of phenols is 1. The lowest BCUT2D eigenvalue weighted by Gasteiger charge is -2.33. The van der Waals surface area contributed by atoms with Gasteiger partial charge in [0.2, 0.25) is 5.83 Å². The van der Waals surface area contributed by atoms with Crippen LogP contribution in [0.25, 0.3) is 11.1 Å². The monoisotopic (exact) mass is 318 g/mol. The van der Waals surface area contributed by atoms with Crippen LogP contribution in [0, 0.1) is 0 Å². The molecule has 0 aromatic heterocycles. The molecule has 0 aliphatic heterocycles. The van der Waals surface area contributed by atoms with Crippen molar-refractivity contribution in [3.8, 4) is 5.75 Å². The molecule has 0 atom stereocenters. The fraction of sp³-hybridized carbons (Fsp3) is 0.421. The van der Waals surface area contributed by atoms with Crippen LogP contribution < -0.4 is 0 Å². The summed E-state index contributed by atoms with van der Waals surface area (Å²) in [4.78, 5) is 11.0. The van der Waals surface area contributed by atoms with Gasteiger partial charge in [-0.05, 0) is 53.5 Å². The van der Waals surface area contributed by atoms with E-state index in [0.29, 0.717) is 0 Å². The molecule has 4 heteroatoms. The first-order chi connectivity index (χ1) is 10.7. The third kappa shape index (κ3) is 3.03. The number of halogens is 1. The first-order valence-corrected chi connectivity index (χ1v) is 7.92. The Morgan fingerprint density at radius 1 is 1.30 bits per heavy atom. The van der Waals surface area contributed by atoms with Crippen molar-refractivity contribution < 1.29 is 19.4 Å². The van der Waals surface area contributed by atoms with Crippen LogP contribution in [0.3, 0.4) is 0 Å². The Hall–Kier alpha value is -2.10. The van der Waals surface area contributed by atoms with Gasteiger partial charge in [0.15, 0.2) is 0 Å². The van der Waals surface area contributed by atoms with Gasteiger partial charge in [-0.15, -0.1) is 0 Å². The summed E-state index contributed by atoms with van der Waals surface area (Å²) in [6, 6.07) is 3.40. The molecule has 0 bridgehead atoms. The van der Waals surface area contributed by atoms with E-state index in [4.69, 9.17) is 5.11 Å². The molecule has 0 fully saturated rings. The largest absolute Gasteiger partial charge is 0.507 e. The zero-order chi connectivity index (χ0) is 17.4. The number of carboxylic acid groups (broad SMARTS) is 1. The van der Waals surface area contributed by atoms with Crippen molar-refractivity contribution in [1.29, 1.82) is 0 Å². The van der Waals surface area contributed by atoms with Gasteiger partial charge in [-0.3, -0.25) is 0 Å². The molecule has 1 aliphatic rings. The number of hydrogen-bond donors (Lipinski definition) is 2.